The van der Waals surface area contributed by atoms with Crippen molar-refractivity contribution in [1.82, 2.24) is 5.32 Å². The van der Waals surface area contributed by atoms with E-state index in [2.05, 4.69) is 10.6 Å². The van der Waals surface area contributed by atoms with Crippen LogP contribution in [0.4, 0.5) is 5.69 Å². The molecule has 2 amide bonds. The Bertz CT molecular complexity index is 376. The van der Waals surface area contributed by atoms with Crippen LogP contribution in [-0.2, 0) is 9.59 Å². The number of hydrogen-bond acceptors (Lipinski definition) is 2. The van der Waals surface area contributed by atoms with Gasteiger partial charge in [0.15, 0.2) is 0 Å². The number of rotatable bonds is 4. The van der Waals surface area contributed by atoms with E-state index in [1.165, 1.54) is 0 Å². The summed E-state index contributed by atoms with van der Waals surface area (Å²) >= 11 is 5.70. The van der Waals surface area contributed by atoms with E-state index in [0.717, 1.165) is 0 Å². The summed E-state index contributed by atoms with van der Waals surface area (Å²) in [6.07, 6.45) is 0.359. The van der Waals surface area contributed by atoms with E-state index in [1.807, 2.05) is 0 Å². The van der Waals surface area contributed by atoms with E-state index < -0.39 is 0 Å². The number of nitrogens with one attached hydrogen (secondary N) is 2. The number of carbonyl (C=O) groups excluding carboxylic acids is 2. The second kappa shape index (κ2) is 6.12. The van der Waals surface area contributed by atoms with Crippen LogP contribution in [0, 0.1) is 0 Å². The zero-order valence-electron chi connectivity index (χ0n) is 8.92. The summed E-state index contributed by atoms with van der Waals surface area (Å²) in [4.78, 5) is 22.3. The second-order valence-electron chi connectivity index (χ2n) is 3.23. The fourth-order valence-corrected chi connectivity index (χ4v) is 1.23. The number of anilines is 1. The first-order chi connectivity index (χ1) is 7.61. The van der Waals surface area contributed by atoms with Crippen LogP contribution in [0.5, 0.6) is 0 Å². The van der Waals surface area contributed by atoms with Gasteiger partial charge in [-0.05, 0) is 24.3 Å². The van der Waals surface area contributed by atoms with E-state index >= 15 is 0 Å². The van der Waals surface area contributed by atoms with Gasteiger partial charge in [-0.3, -0.25) is 9.59 Å². The number of hydrogen-bond donors (Lipinski definition) is 2. The summed E-state index contributed by atoms with van der Waals surface area (Å²) in [5.74, 6) is -0.336. The highest BCUT2D eigenvalue weighted by molar-refractivity contribution is 6.30. The van der Waals surface area contributed by atoms with Crippen LogP contribution in [0.25, 0.3) is 0 Å². The molecule has 5 heteroatoms. The van der Waals surface area contributed by atoms with Gasteiger partial charge in [0.25, 0.3) is 0 Å². The van der Waals surface area contributed by atoms with E-state index in [4.69, 9.17) is 11.6 Å². The van der Waals surface area contributed by atoms with Crippen LogP contribution in [0.2, 0.25) is 5.02 Å². The molecule has 1 rings (SSSR count). The fraction of sp³-hybridized carbons (Fsp3) is 0.273. The summed E-state index contributed by atoms with van der Waals surface area (Å²) in [6.45, 7) is 0. The van der Waals surface area contributed by atoms with Crippen molar-refractivity contribution in [2.45, 2.75) is 12.8 Å². The first-order valence-electron chi connectivity index (χ1n) is 4.88. The Morgan fingerprint density at radius 1 is 1.12 bits per heavy atom. The largest absolute Gasteiger partial charge is 0.359 e. The Balaban J connectivity index is 2.40. The molecular weight excluding hydrogens is 228 g/mol. The smallest absolute Gasteiger partial charge is 0.224 e. The summed E-state index contributed by atoms with van der Waals surface area (Å²) in [7, 11) is 1.54. The molecule has 1 aromatic carbocycles. The fourth-order valence-electron chi connectivity index (χ4n) is 1.11. The Labute approximate surface area is 99.0 Å². The molecular formula is C11H13ClN2O2. The van der Waals surface area contributed by atoms with Crippen molar-refractivity contribution in [2.75, 3.05) is 12.4 Å². The second-order valence-corrected chi connectivity index (χ2v) is 3.66. The summed E-state index contributed by atoms with van der Waals surface area (Å²) in [5.41, 5.74) is 0.673. The molecule has 0 aliphatic carbocycles. The quantitative estimate of drug-likeness (QED) is 0.843. The minimum atomic E-state index is -0.189. The van der Waals surface area contributed by atoms with E-state index in [0.29, 0.717) is 10.7 Å². The van der Waals surface area contributed by atoms with Crippen molar-refractivity contribution in [2.24, 2.45) is 0 Å². The molecule has 0 aromatic heterocycles. The lowest BCUT2D eigenvalue weighted by molar-refractivity contribution is -0.124. The van der Waals surface area contributed by atoms with Gasteiger partial charge in [-0.15, -0.1) is 0 Å². The van der Waals surface area contributed by atoms with Crippen LogP contribution < -0.4 is 10.6 Å². The molecule has 2 N–H and O–H groups in total. The standard InChI is InChI=1S/C11H13ClN2O2/c1-13-10(15)6-7-11(16)14-9-4-2-8(12)3-5-9/h2-5H,6-7H2,1H3,(H,13,15)(H,14,16). The molecule has 0 heterocycles. The molecule has 0 atom stereocenters. The predicted octanol–water partition coefficient (Wildman–Crippen LogP) is 1.80. The molecule has 4 nitrogen and oxygen atoms in total. The monoisotopic (exact) mass is 240 g/mol. The minimum Gasteiger partial charge on any atom is -0.359 e. The molecule has 0 unspecified atom stereocenters. The molecule has 0 fully saturated rings. The summed E-state index contributed by atoms with van der Waals surface area (Å²) in [5, 5.41) is 5.74. The van der Waals surface area contributed by atoms with Gasteiger partial charge in [0, 0.05) is 30.6 Å². The SMILES string of the molecule is CNC(=O)CCC(=O)Nc1ccc(Cl)cc1. The zero-order chi connectivity index (χ0) is 12.0. The first kappa shape index (κ1) is 12.5. The third-order valence-electron chi connectivity index (χ3n) is 1.99. The lowest BCUT2D eigenvalue weighted by atomic mass is 10.2. The van der Waals surface area contributed by atoms with Gasteiger partial charge in [0.2, 0.25) is 11.8 Å². The first-order valence-corrected chi connectivity index (χ1v) is 5.25. The van der Waals surface area contributed by atoms with Gasteiger partial charge >= 0.3 is 0 Å². The Morgan fingerprint density at radius 2 is 1.69 bits per heavy atom. The Hall–Kier alpha value is -1.55. The number of carbonyl (C=O) groups is 2. The molecule has 0 aliphatic heterocycles. The minimum absolute atomic E-state index is 0.147. The summed E-state index contributed by atoms with van der Waals surface area (Å²) < 4.78 is 0. The number of halogens is 1. The van der Waals surface area contributed by atoms with E-state index in [-0.39, 0.29) is 24.7 Å². The summed E-state index contributed by atoms with van der Waals surface area (Å²) in [6, 6.07) is 6.80. The predicted molar refractivity (Wildman–Crippen MR) is 63.4 cm³/mol. The molecule has 0 aliphatic rings. The topological polar surface area (TPSA) is 58.2 Å². The molecule has 1 aromatic rings. The van der Waals surface area contributed by atoms with Crippen molar-refractivity contribution in [3.05, 3.63) is 29.3 Å². The number of benzene rings is 1. The molecule has 0 saturated carbocycles. The maximum Gasteiger partial charge on any atom is 0.224 e. The Kier molecular flexibility index (Phi) is 4.79. The highest BCUT2D eigenvalue weighted by Crippen LogP contribution is 2.13. The zero-order valence-corrected chi connectivity index (χ0v) is 9.67. The van der Waals surface area contributed by atoms with Gasteiger partial charge < -0.3 is 10.6 Å². The third-order valence-corrected chi connectivity index (χ3v) is 2.24. The van der Waals surface area contributed by atoms with Gasteiger partial charge in [0.1, 0.15) is 0 Å². The van der Waals surface area contributed by atoms with Gasteiger partial charge in [-0.25, -0.2) is 0 Å². The number of amides is 2. The van der Waals surface area contributed by atoms with Gasteiger partial charge in [0.05, 0.1) is 0 Å². The van der Waals surface area contributed by atoms with Crippen molar-refractivity contribution in [3.63, 3.8) is 0 Å². The van der Waals surface area contributed by atoms with Crippen molar-refractivity contribution < 1.29 is 9.59 Å². The van der Waals surface area contributed by atoms with Crippen LogP contribution in [0.3, 0.4) is 0 Å². The Morgan fingerprint density at radius 3 is 2.25 bits per heavy atom. The van der Waals surface area contributed by atoms with Crippen LogP contribution in [-0.4, -0.2) is 18.9 Å². The lowest BCUT2D eigenvalue weighted by Gasteiger charge is -2.04. The molecule has 0 spiro atoms. The third kappa shape index (κ3) is 4.31. The molecule has 0 saturated heterocycles. The maximum absolute atomic E-state index is 11.4. The normalized spacial score (nSPS) is 9.62. The van der Waals surface area contributed by atoms with E-state index in [9.17, 15) is 9.59 Å². The highest BCUT2D eigenvalue weighted by atomic mass is 35.5. The van der Waals surface area contributed by atoms with Crippen molar-refractivity contribution >= 4 is 29.1 Å². The molecule has 0 bridgehead atoms. The van der Waals surface area contributed by atoms with Crippen LogP contribution in [0.1, 0.15) is 12.8 Å². The van der Waals surface area contributed by atoms with Crippen molar-refractivity contribution in [3.8, 4) is 0 Å². The van der Waals surface area contributed by atoms with Crippen LogP contribution >= 0.6 is 11.6 Å². The lowest BCUT2D eigenvalue weighted by Crippen LogP contribution is -2.20. The molecule has 86 valence electrons. The average Bonchev–Trinajstić information content (AvgIpc) is 2.29. The van der Waals surface area contributed by atoms with Gasteiger partial charge in [-0.2, -0.15) is 0 Å². The average molecular weight is 241 g/mol. The maximum atomic E-state index is 11.4. The molecule has 0 radical (unpaired) electrons. The van der Waals surface area contributed by atoms with E-state index in [1.54, 1.807) is 31.3 Å². The van der Waals surface area contributed by atoms with Gasteiger partial charge in [-0.1, -0.05) is 11.6 Å². The van der Waals surface area contributed by atoms with Crippen molar-refractivity contribution in [1.29, 1.82) is 0 Å². The van der Waals surface area contributed by atoms with Crippen LogP contribution in [0.15, 0.2) is 24.3 Å². The highest BCUT2D eigenvalue weighted by Gasteiger charge is 2.05. The molecule has 16 heavy (non-hydrogen) atoms.